The summed E-state index contributed by atoms with van der Waals surface area (Å²) in [4.78, 5) is 0. The summed E-state index contributed by atoms with van der Waals surface area (Å²) < 4.78 is 5.24. The Bertz CT molecular complexity index is 144. The molecule has 2 rings (SSSR count). The molecule has 0 amide bonds. The molecular formula is C9H18ClNO. The standard InChI is InChI=1S/C9H17NO.ClH/c1-11-7-9-4-2-8(6-9)3-5-10-9;/h8,10H,2-7H2,1H3;1H. The van der Waals surface area contributed by atoms with Gasteiger partial charge in [0.15, 0.2) is 0 Å². The Morgan fingerprint density at radius 3 is 3.08 bits per heavy atom. The Morgan fingerprint density at radius 1 is 1.50 bits per heavy atom. The lowest BCUT2D eigenvalue weighted by Crippen LogP contribution is -2.49. The number of piperidine rings is 1. The highest BCUT2D eigenvalue weighted by molar-refractivity contribution is 5.85. The van der Waals surface area contributed by atoms with E-state index < -0.39 is 0 Å². The number of hydrogen-bond acceptors (Lipinski definition) is 2. The van der Waals surface area contributed by atoms with Crippen LogP contribution in [0.4, 0.5) is 0 Å². The van der Waals surface area contributed by atoms with E-state index in [1.165, 1.54) is 32.2 Å². The first kappa shape index (κ1) is 10.3. The van der Waals surface area contributed by atoms with Gasteiger partial charge in [-0.25, -0.2) is 0 Å². The first-order valence-corrected chi connectivity index (χ1v) is 4.59. The zero-order chi connectivity index (χ0) is 7.73. The fraction of sp³-hybridized carbons (Fsp3) is 1.00. The third-order valence-electron chi connectivity index (χ3n) is 3.18. The van der Waals surface area contributed by atoms with E-state index in [2.05, 4.69) is 5.32 Å². The molecule has 1 aliphatic heterocycles. The molecular weight excluding hydrogens is 174 g/mol. The first-order valence-electron chi connectivity index (χ1n) is 4.59. The van der Waals surface area contributed by atoms with Crippen molar-refractivity contribution in [1.82, 2.24) is 5.32 Å². The molecule has 1 aliphatic carbocycles. The van der Waals surface area contributed by atoms with E-state index in [9.17, 15) is 0 Å². The predicted octanol–water partition coefficient (Wildman–Crippen LogP) is 1.59. The lowest BCUT2D eigenvalue weighted by Gasteiger charge is -2.33. The molecule has 1 saturated heterocycles. The van der Waals surface area contributed by atoms with Crippen LogP contribution in [0, 0.1) is 5.92 Å². The monoisotopic (exact) mass is 191 g/mol. The molecule has 0 aromatic rings. The predicted molar refractivity (Wildman–Crippen MR) is 51.8 cm³/mol. The van der Waals surface area contributed by atoms with Crippen LogP contribution in [0.25, 0.3) is 0 Å². The van der Waals surface area contributed by atoms with E-state index in [4.69, 9.17) is 4.74 Å². The van der Waals surface area contributed by atoms with E-state index in [0.29, 0.717) is 5.54 Å². The van der Waals surface area contributed by atoms with Crippen LogP contribution >= 0.6 is 12.4 Å². The molecule has 0 radical (unpaired) electrons. The molecule has 2 unspecified atom stereocenters. The lowest BCUT2D eigenvalue weighted by molar-refractivity contribution is 0.0993. The van der Waals surface area contributed by atoms with Gasteiger partial charge in [-0.15, -0.1) is 12.4 Å². The quantitative estimate of drug-likeness (QED) is 0.716. The number of methoxy groups -OCH3 is 1. The van der Waals surface area contributed by atoms with Gasteiger partial charge in [-0.05, 0) is 38.1 Å². The minimum absolute atomic E-state index is 0. The normalized spacial score (nSPS) is 39.2. The van der Waals surface area contributed by atoms with Crippen molar-refractivity contribution in [3.63, 3.8) is 0 Å². The molecule has 3 heteroatoms. The Kier molecular flexibility index (Phi) is 3.38. The van der Waals surface area contributed by atoms with E-state index >= 15 is 0 Å². The van der Waals surface area contributed by atoms with Gasteiger partial charge in [-0.1, -0.05) is 0 Å². The fourth-order valence-electron chi connectivity index (χ4n) is 2.64. The summed E-state index contributed by atoms with van der Waals surface area (Å²) in [6.07, 6.45) is 5.47. The number of halogens is 1. The summed E-state index contributed by atoms with van der Waals surface area (Å²) in [5, 5.41) is 3.60. The van der Waals surface area contributed by atoms with Crippen LogP contribution in [0.15, 0.2) is 0 Å². The van der Waals surface area contributed by atoms with Gasteiger partial charge in [0.1, 0.15) is 0 Å². The molecule has 1 N–H and O–H groups in total. The second kappa shape index (κ2) is 3.95. The largest absolute Gasteiger partial charge is 0.383 e. The van der Waals surface area contributed by atoms with Crippen LogP contribution < -0.4 is 5.32 Å². The molecule has 2 nitrogen and oxygen atoms in total. The van der Waals surface area contributed by atoms with Crippen molar-refractivity contribution < 1.29 is 4.74 Å². The first-order chi connectivity index (χ1) is 5.35. The summed E-state index contributed by atoms with van der Waals surface area (Å²) in [5.74, 6) is 0.992. The minimum atomic E-state index is 0. The Labute approximate surface area is 80.5 Å². The summed E-state index contributed by atoms with van der Waals surface area (Å²) in [5.41, 5.74) is 0.373. The Balaban J connectivity index is 0.000000720. The van der Waals surface area contributed by atoms with E-state index in [0.717, 1.165) is 12.5 Å². The molecule has 12 heavy (non-hydrogen) atoms. The SMILES string of the molecule is COCC12CCC(CCN1)C2.Cl. The molecule has 2 aliphatic rings. The van der Waals surface area contributed by atoms with E-state index in [1.54, 1.807) is 7.11 Å². The highest BCUT2D eigenvalue weighted by Gasteiger charge is 2.41. The second-order valence-corrected chi connectivity index (χ2v) is 4.04. The lowest BCUT2D eigenvalue weighted by atomic mass is 9.91. The van der Waals surface area contributed by atoms with Crippen molar-refractivity contribution in [2.24, 2.45) is 5.92 Å². The smallest absolute Gasteiger partial charge is 0.0644 e. The van der Waals surface area contributed by atoms with Crippen LogP contribution in [0.1, 0.15) is 25.7 Å². The van der Waals surface area contributed by atoms with Crippen LogP contribution in [0.3, 0.4) is 0 Å². The number of fused-ring (bicyclic) bond motifs is 2. The number of hydrogen-bond donors (Lipinski definition) is 1. The van der Waals surface area contributed by atoms with Crippen LogP contribution in [0.2, 0.25) is 0 Å². The van der Waals surface area contributed by atoms with Gasteiger partial charge in [0.2, 0.25) is 0 Å². The minimum Gasteiger partial charge on any atom is -0.383 e. The van der Waals surface area contributed by atoms with Crippen molar-refractivity contribution in [2.75, 3.05) is 20.3 Å². The molecule has 1 saturated carbocycles. The number of nitrogens with one attached hydrogen (secondary N) is 1. The highest BCUT2D eigenvalue weighted by Crippen LogP contribution is 2.39. The second-order valence-electron chi connectivity index (χ2n) is 4.04. The van der Waals surface area contributed by atoms with Gasteiger partial charge < -0.3 is 10.1 Å². The third-order valence-corrected chi connectivity index (χ3v) is 3.18. The van der Waals surface area contributed by atoms with Crippen LogP contribution in [-0.2, 0) is 4.74 Å². The zero-order valence-corrected chi connectivity index (χ0v) is 8.45. The number of rotatable bonds is 2. The van der Waals surface area contributed by atoms with E-state index in [-0.39, 0.29) is 12.4 Å². The van der Waals surface area contributed by atoms with Crippen molar-refractivity contribution >= 4 is 12.4 Å². The van der Waals surface area contributed by atoms with Gasteiger partial charge in [-0.3, -0.25) is 0 Å². The summed E-state index contributed by atoms with van der Waals surface area (Å²) >= 11 is 0. The molecule has 2 fully saturated rings. The van der Waals surface area contributed by atoms with Crippen LogP contribution in [0.5, 0.6) is 0 Å². The Hall–Kier alpha value is 0.210. The molecule has 72 valence electrons. The van der Waals surface area contributed by atoms with Gasteiger partial charge in [0.05, 0.1) is 6.61 Å². The summed E-state index contributed by atoms with van der Waals surface area (Å²) in [6.45, 7) is 2.11. The fourth-order valence-corrected chi connectivity index (χ4v) is 2.64. The maximum Gasteiger partial charge on any atom is 0.0644 e. The summed E-state index contributed by atoms with van der Waals surface area (Å²) in [7, 11) is 1.80. The van der Waals surface area contributed by atoms with Gasteiger partial charge in [0.25, 0.3) is 0 Å². The topological polar surface area (TPSA) is 21.3 Å². The van der Waals surface area contributed by atoms with Crippen molar-refractivity contribution in [1.29, 1.82) is 0 Å². The van der Waals surface area contributed by atoms with Gasteiger partial charge in [-0.2, -0.15) is 0 Å². The molecule has 1 heterocycles. The van der Waals surface area contributed by atoms with Crippen LogP contribution in [-0.4, -0.2) is 25.8 Å². The zero-order valence-electron chi connectivity index (χ0n) is 7.64. The van der Waals surface area contributed by atoms with Gasteiger partial charge >= 0.3 is 0 Å². The molecule has 2 bridgehead atoms. The van der Waals surface area contributed by atoms with Crippen molar-refractivity contribution in [2.45, 2.75) is 31.2 Å². The highest BCUT2D eigenvalue weighted by atomic mass is 35.5. The third kappa shape index (κ3) is 1.76. The van der Waals surface area contributed by atoms with Crippen molar-refractivity contribution in [3.8, 4) is 0 Å². The maximum absolute atomic E-state index is 5.24. The average Bonchev–Trinajstić information content (AvgIpc) is 2.28. The van der Waals surface area contributed by atoms with E-state index in [1.807, 2.05) is 0 Å². The molecule has 0 spiro atoms. The maximum atomic E-state index is 5.24. The molecule has 0 aromatic carbocycles. The number of ether oxygens (including phenoxy) is 1. The van der Waals surface area contributed by atoms with Gasteiger partial charge in [0, 0.05) is 12.6 Å². The average molecular weight is 192 g/mol. The molecule has 2 atom stereocenters. The molecule has 0 aromatic heterocycles. The van der Waals surface area contributed by atoms with Crippen molar-refractivity contribution in [3.05, 3.63) is 0 Å². The summed E-state index contributed by atoms with van der Waals surface area (Å²) in [6, 6.07) is 0. The Morgan fingerprint density at radius 2 is 2.33 bits per heavy atom.